The standard InChI is InChI=1S/C20H24N4O4S3/c1-3-24-18(26)16-13(14-7-5-10-29-14)11-30-17(16)23-20(24)31-12-15(25)22-19(27)21-8-6-9-28-4-2/h5,7,10-11H,3-4,6,8-9,12H2,1-2H3,(H2,21,22,25,27). The van der Waals surface area contributed by atoms with Crippen LogP contribution in [-0.2, 0) is 16.1 Å². The Hall–Kier alpha value is -2.21. The zero-order chi connectivity index (χ0) is 22.2. The third-order valence-corrected chi connectivity index (χ3v) is 7.05. The molecular formula is C20H24N4O4S3. The molecule has 0 aliphatic carbocycles. The van der Waals surface area contributed by atoms with Gasteiger partial charge in [0, 0.05) is 42.1 Å². The minimum absolute atomic E-state index is 0.0204. The van der Waals surface area contributed by atoms with Crippen molar-refractivity contribution in [2.45, 2.75) is 32.0 Å². The summed E-state index contributed by atoms with van der Waals surface area (Å²) in [5, 5.41) is 9.90. The van der Waals surface area contributed by atoms with Gasteiger partial charge in [-0.1, -0.05) is 17.8 Å². The SMILES string of the molecule is CCOCCCNC(=O)NC(=O)CSc1nc2scc(-c3cccs3)c2c(=O)n1CC. The lowest BCUT2D eigenvalue weighted by Gasteiger charge is -2.10. The third-order valence-electron chi connectivity index (χ3n) is 4.30. The van der Waals surface area contributed by atoms with Crippen molar-refractivity contribution in [1.82, 2.24) is 20.2 Å². The summed E-state index contributed by atoms with van der Waals surface area (Å²) >= 11 is 4.13. The lowest BCUT2D eigenvalue weighted by molar-refractivity contribution is -0.117. The van der Waals surface area contributed by atoms with Crippen LogP contribution in [0.15, 0.2) is 32.8 Å². The average Bonchev–Trinajstić information content (AvgIpc) is 3.42. The number of aromatic nitrogens is 2. The number of carbonyl (C=O) groups is 2. The molecule has 3 aromatic heterocycles. The molecule has 11 heteroatoms. The van der Waals surface area contributed by atoms with E-state index in [1.54, 1.807) is 15.9 Å². The van der Waals surface area contributed by atoms with Crippen molar-refractivity contribution in [2.24, 2.45) is 0 Å². The first kappa shape index (κ1) is 23.5. The van der Waals surface area contributed by atoms with E-state index in [1.807, 2.05) is 36.7 Å². The normalized spacial score (nSPS) is 11.0. The first-order valence-electron chi connectivity index (χ1n) is 9.89. The number of urea groups is 1. The number of carbonyl (C=O) groups excluding carboxylic acids is 2. The number of imide groups is 1. The fraction of sp³-hybridized carbons (Fsp3) is 0.400. The number of nitrogens with one attached hydrogen (secondary N) is 2. The quantitative estimate of drug-likeness (QED) is 0.261. The number of hydrogen-bond acceptors (Lipinski definition) is 8. The van der Waals surface area contributed by atoms with Crippen LogP contribution in [0.25, 0.3) is 20.7 Å². The molecule has 0 fully saturated rings. The lowest BCUT2D eigenvalue weighted by Crippen LogP contribution is -2.41. The summed E-state index contributed by atoms with van der Waals surface area (Å²) in [6.45, 7) is 5.82. The number of hydrogen-bond donors (Lipinski definition) is 2. The van der Waals surface area contributed by atoms with Gasteiger partial charge in [-0.15, -0.1) is 22.7 Å². The fourth-order valence-electron chi connectivity index (χ4n) is 2.87. The molecule has 3 amide bonds. The predicted molar refractivity (Wildman–Crippen MR) is 126 cm³/mol. The van der Waals surface area contributed by atoms with E-state index >= 15 is 0 Å². The van der Waals surface area contributed by atoms with Crippen LogP contribution in [0.1, 0.15) is 20.3 Å². The van der Waals surface area contributed by atoms with Crippen molar-refractivity contribution in [2.75, 3.05) is 25.5 Å². The second kappa shape index (κ2) is 11.4. The molecule has 0 aromatic carbocycles. The molecule has 3 heterocycles. The van der Waals surface area contributed by atoms with Crippen molar-refractivity contribution in [3.05, 3.63) is 33.2 Å². The van der Waals surface area contributed by atoms with Gasteiger partial charge in [-0.25, -0.2) is 9.78 Å². The Morgan fingerprint density at radius 1 is 1.29 bits per heavy atom. The van der Waals surface area contributed by atoms with Gasteiger partial charge in [-0.3, -0.25) is 19.5 Å². The van der Waals surface area contributed by atoms with Crippen LogP contribution < -0.4 is 16.2 Å². The molecule has 0 spiro atoms. The Morgan fingerprint density at radius 2 is 2.13 bits per heavy atom. The maximum atomic E-state index is 13.1. The molecule has 3 aromatic rings. The van der Waals surface area contributed by atoms with Gasteiger partial charge in [0.25, 0.3) is 5.56 Å². The van der Waals surface area contributed by atoms with Crippen LogP contribution in [-0.4, -0.2) is 47.0 Å². The number of rotatable bonds is 10. The Kier molecular flexibility index (Phi) is 8.64. The topological polar surface area (TPSA) is 102 Å². The molecular weight excluding hydrogens is 456 g/mol. The van der Waals surface area contributed by atoms with E-state index in [2.05, 4.69) is 15.6 Å². The second-order valence-corrected chi connectivity index (χ2v) is 9.14. The van der Waals surface area contributed by atoms with E-state index in [-0.39, 0.29) is 11.3 Å². The number of fused-ring (bicyclic) bond motifs is 1. The van der Waals surface area contributed by atoms with Crippen LogP contribution in [0.5, 0.6) is 0 Å². The summed E-state index contributed by atoms with van der Waals surface area (Å²) in [4.78, 5) is 43.4. The Labute approximate surface area is 192 Å². The van der Waals surface area contributed by atoms with Gasteiger partial charge in [-0.05, 0) is 31.7 Å². The number of thioether (sulfide) groups is 1. The molecule has 0 radical (unpaired) electrons. The summed E-state index contributed by atoms with van der Waals surface area (Å²) in [5.41, 5.74) is 0.775. The third kappa shape index (κ3) is 5.94. The molecule has 31 heavy (non-hydrogen) atoms. The number of nitrogens with zero attached hydrogens (tertiary/aromatic N) is 2. The first-order valence-corrected chi connectivity index (χ1v) is 12.6. The van der Waals surface area contributed by atoms with E-state index in [0.717, 1.165) is 22.2 Å². The van der Waals surface area contributed by atoms with Crippen LogP contribution in [0.2, 0.25) is 0 Å². The van der Waals surface area contributed by atoms with Gasteiger partial charge < -0.3 is 10.1 Å². The van der Waals surface area contributed by atoms with Crippen LogP contribution in [0, 0.1) is 0 Å². The summed E-state index contributed by atoms with van der Waals surface area (Å²) in [7, 11) is 0. The summed E-state index contributed by atoms with van der Waals surface area (Å²) < 4.78 is 6.76. The smallest absolute Gasteiger partial charge is 0.321 e. The molecule has 0 aliphatic rings. The highest BCUT2D eigenvalue weighted by Crippen LogP contribution is 2.34. The Morgan fingerprint density at radius 3 is 2.84 bits per heavy atom. The number of ether oxygens (including phenoxy) is 1. The van der Waals surface area contributed by atoms with E-state index < -0.39 is 11.9 Å². The summed E-state index contributed by atoms with van der Waals surface area (Å²) in [5.74, 6) is -0.470. The Bertz CT molecular complexity index is 1090. The van der Waals surface area contributed by atoms with Crippen molar-refractivity contribution in [3.63, 3.8) is 0 Å². The zero-order valence-electron chi connectivity index (χ0n) is 17.3. The van der Waals surface area contributed by atoms with Gasteiger partial charge in [0.1, 0.15) is 4.83 Å². The minimum atomic E-state index is -0.544. The van der Waals surface area contributed by atoms with Crippen LogP contribution >= 0.6 is 34.4 Å². The maximum Gasteiger partial charge on any atom is 0.321 e. The van der Waals surface area contributed by atoms with Gasteiger partial charge in [0.15, 0.2) is 5.16 Å². The highest BCUT2D eigenvalue weighted by Gasteiger charge is 2.18. The van der Waals surface area contributed by atoms with Crippen LogP contribution in [0.3, 0.4) is 0 Å². The van der Waals surface area contributed by atoms with Gasteiger partial charge in [0.2, 0.25) is 5.91 Å². The summed E-state index contributed by atoms with van der Waals surface area (Å²) in [6, 6.07) is 3.39. The highest BCUT2D eigenvalue weighted by atomic mass is 32.2. The maximum absolute atomic E-state index is 13.1. The molecule has 0 atom stereocenters. The van der Waals surface area contributed by atoms with Crippen molar-refractivity contribution >= 4 is 56.6 Å². The largest absolute Gasteiger partial charge is 0.382 e. The van der Waals surface area contributed by atoms with E-state index in [9.17, 15) is 14.4 Å². The molecule has 8 nitrogen and oxygen atoms in total. The van der Waals surface area contributed by atoms with Crippen molar-refractivity contribution in [3.8, 4) is 10.4 Å². The molecule has 0 aliphatic heterocycles. The van der Waals surface area contributed by atoms with Gasteiger partial charge in [0.05, 0.1) is 11.1 Å². The number of thiophene rings is 2. The molecule has 0 unspecified atom stereocenters. The first-order chi connectivity index (χ1) is 15.0. The molecule has 0 bridgehead atoms. The number of amides is 3. The van der Waals surface area contributed by atoms with Crippen molar-refractivity contribution < 1.29 is 14.3 Å². The zero-order valence-corrected chi connectivity index (χ0v) is 19.8. The van der Waals surface area contributed by atoms with Crippen molar-refractivity contribution in [1.29, 1.82) is 0 Å². The predicted octanol–water partition coefficient (Wildman–Crippen LogP) is 3.55. The van der Waals surface area contributed by atoms with Crippen LogP contribution in [0.4, 0.5) is 4.79 Å². The Balaban J connectivity index is 1.64. The van der Waals surface area contributed by atoms with Gasteiger partial charge >= 0.3 is 6.03 Å². The minimum Gasteiger partial charge on any atom is -0.382 e. The molecule has 3 rings (SSSR count). The summed E-state index contributed by atoms with van der Waals surface area (Å²) in [6.07, 6.45) is 0.672. The molecule has 0 saturated heterocycles. The molecule has 2 N–H and O–H groups in total. The molecule has 166 valence electrons. The van der Waals surface area contributed by atoms with E-state index in [4.69, 9.17) is 4.74 Å². The van der Waals surface area contributed by atoms with E-state index in [0.29, 0.717) is 48.1 Å². The average molecular weight is 481 g/mol. The lowest BCUT2D eigenvalue weighted by atomic mass is 10.2. The molecule has 0 saturated carbocycles. The fourth-order valence-corrected chi connectivity index (χ4v) is 5.53. The monoisotopic (exact) mass is 480 g/mol. The van der Waals surface area contributed by atoms with E-state index in [1.165, 1.54) is 11.3 Å². The second-order valence-electron chi connectivity index (χ2n) is 6.39. The highest BCUT2D eigenvalue weighted by molar-refractivity contribution is 7.99. The van der Waals surface area contributed by atoms with Gasteiger partial charge in [-0.2, -0.15) is 0 Å².